The van der Waals surface area contributed by atoms with Crippen molar-refractivity contribution in [3.63, 3.8) is 0 Å². The first-order valence-corrected chi connectivity index (χ1v) is 15.0. The van der Waals surface area contributed by atoms with Crippen LogP contribution >= 0.6 is 23.1 Å². The fourth-order valence-corrected chi connectivity index (χ4v) is 6.03. The Bertz CT molecular complexity index is 1800. The van der Waals surface area contributed by atoms with Gasteiger partial charge in [0.05, 0.1) is 43.5 Å². The molecule has 2 heterocycles. The quantitative estimate of drug-likeness (QED) is 0.162. The standard InChI is InChI=1S/C33H28N4O4S2/c1-20(31(38)37-33-36-29(19-42-33)22-11-8-12-23(15-22)39-2)43-32-27(18-34)25(17-28(35-32)21-9-6-5-7-10-21)26-16-24(40-3)13-14-30(26)41-4/h5-17,19-20H,1-4H3,(H,36,37,38). The number of nitrogens with one attached hydrogen (secondary N) is 1. The Morgan fingerprint density at radius 3 is 2.33 bits per heavy atom. The molecule has 0 aliphatic heterocycles. The molecule has 1 N–H and O–H groups in total. The van der Waals surface area contributed by atoms with Gasteiger partial charge in [0.1, 0.15) is 28.3 Å². The first-order chi connectivity index (χ1) is 20.9. The number of thiazole rings is 1. The van der Waals surface area contributed by atoms with Crippen molar-refractivity contribution in [1.29, 1.82) is 5.26 Å². The topological polar surface area (TPSA) is 106 Å². The van der Waals surface area contributed by atoms with Crippen LogP contribution in [0.3, 0.4) is 0 Å². The first kappa shape index (κ1) is 29.6. The monoisotopic (exact) mass is 608 g/mol. The van der Waals surface area contributed by atoms with Gasteiger partial charge in [0.2, 0.25) is 5.91 Å². The Hall–Kier alpha value is -4.85. The number of methoxy groups -OCH3 is 3. The molecule has 1 amide bonds. The lowest BCUT2D eigenvalue weighted by Gasteiger charge is -2.17. The highest BCUT2D eigenvalue weighted by Gasteiger charge is 2.24. The van der Waals surface area contributed by atoms with Crippen molar-refractivity contribution in [1.82, 2.24) is 9.97 Å². The third kappa shape index (κ3) is 6.64. The van der Waals surface area contributed by atoms with Gasteiger partial charge < -0.3 is 19.5 Å². The van der Waals surface area contributed by atoms with Crippen LogP contribution in [-0.4, -0.2) is 42.5 Å². The zero-order valence-corrected chi connectivity index (χ0v) is 25.6. The molecule has 0 saturated heterocycles. The van der Waals surface area contributed by atoms with Crippen molar-refractivity contribution in [2.24, 2.45) is 0 Å². The number of pyridine rings is 1. The first-order valence-electron chi connectivity index (χ1n) is 13.2. The molecule has 0 aliphatic carbocycles. The van der Waals surface area contributed by atoms with Crippen LogP contribution in [0.1, 0.15) is 12.5 Å². The Balaban J connectivity index is 1.47. The number of anilines is 1. The molecule has 216 valence electrons. The number of hydrogen-bond acceptors (Lipinski definition) is 9. The number of amides is 1. The van der Waals surface area contributed by atoms with Crippen LogP contribution in [0.25, 0.3) is 33.6 Å². The molecule has 5 aromatic rings. The van der Waals surface area contributed by atoms with Gasteiger partial charge in [0.15, 0.2) is 5.13 Å². The van der Waals surface area contributed by atoms with Crippen LogP contribution in [0, 0.1) is 11.3 Å². The largest absolute Gasteiger partial charge is 0.497 e. The van der Waals surface area contributed by atoms with E-state index < -0.39 is 5.25 Å². The SMILES string of the molecule is COc1cccc(-c2csc(NC(=O)C(C)Sc3nc(-c4ccccc4)cc(-c4cc(OC)ccc4OC)c3C#N)n2)c1. The third-order valence-electron chi connectivity index (χ3n) is 6.62. The van der Waals surface area contributed by atoms with Crippen molar-refractivity contribution in [2.45, 2.75) is 17.2 Å². The van der Waals surface area contributed by atoms with Gasteiger partial charge in [-0.15, -0.1) is 11.3 Å². The fraction of sp³-hybridized carbons (Fsp3) is 0.152. The minimum absolute atomic E-state index is 0.257. The molecule has 0 bridgehead atoms. The van der Waals surface area contributed by atoms with E-state index in [9.17, 15) is 10.1 Å². The van der Waals surface area contributed by atoms with Gasteiger partial charge in [-0.3, -0.25) is 4.79 Å². The van der Waals surface area contributed by atoms with Gasteiger partial charge in [-0.05, 0) is 43.3 Å². The van der Waals surface area contributed by atoms with Gasteiger partial charge in [0.25, 0.3) is 0 Å². The maximum Gasteiger partial charge on any atom is 0.239 e. The van der Waals surface area contributed by atoms with E-state index in [0.29, 0.717) is 44.0 Å². The lowest BCUT2D eigenvalue weighted by atomic mass is 9.98. The van der Waals surface area contributed by atoms with Crippen LogP contribution in [0.2, 0.25) is 0 Å². The number of rotatable bonds is 10. The Morgan fingerprint density at radius 2 is 1.60 bits per heavy atom. The normalized spacial score (nSPS) is 11.3. The van der Waals surface area contributed by atoms with Crippen molar-refractivity contribution in [3.05, 3.63) is 89.8 Å². The van der Waals surface area contributed by atoms with Gasteiger partial charge in [-0.2, -0.15) is 5.26 Å². The van der Waals surface area contributed by atoms with E-state index in [1.165, 1.54) is 23.1 Å². The van der Waals surface area contributed by atoms with Crippen LogP contribution < -0.4 is 19.5 Å². The Labute approximate surface area is 258 Å². The summed E-state index contributed by atoms with van der Waals surface area (Å²) < 4.78 is 16.4. The molecule has 1 atom stereocenters. The van der Waals surface area contributed by atoms with Crippen LogP contribution in [0.5, 0.6) is 17.2 Å². The number of thioether (sulfide) groups is 1. The number of nitrogens with zero attached hydrogens (tertiary/aromatic N) is 3. The summed E-state index contributed by atoms with van der Waals surface area (Å²) in [6.45, 7) is 1.78. The maximum atomic E-state index is 13.3. The number of carbonyl (C=O) groups excluding carboxylic acids is 1. The van der Waals surface area contributed by atoms with Gasteiger partial charge >= 0.3 is 0 Å². The summed E-state index contributed by atoms with van der Waals surface area (Å²) in [6, 6.07) is 26.9. The summed E-state index contributed by atoms with van der Waals surface area (Å²) >= 11 is 2.55. The summed E-state index contributed by atoms with van der Waals surface area (Å²) in [5.41, 5.74) is 4.82. The molecule has 0 radical (unpaired) electrons. The molecule has 8 nitrogen and oxygen atoms in total. The van der Waals surface area contributed by atoms with E-state index in [1.807, 2.05) is 72.1 Å². The molecule has 5 rings (SSSR count). The van der Waals surface area contributed by atoms with Crippen molar-refractivity contribution < 1.29 is 19.0 Å². The summed E-state index contributed by atoms with van der Waals surface area (Å²) in [4.78, 5) is 22.8. The minimum atomic E-state index is -0.588. The highest BCUT2D eigenvalue weighted by Crippen LogP contribution is 2.41. The number of ether oxygens (including phenoxy) is 3. The molecule has 0 spiro atoms. The fourth-order valence-electron chi connectivity index (χ4n) is 4.38. The second kappa shape index (κ2) is 13.4. The van der Waals surface area contributed by atoms with Crippen molar-refractivity contribution in [2.75, 3.05) is 26.6 Å². The number of aromatic nitrogens is 2. The molecular weight excluding hydrogens is 581 g/mol. The molecule has 0 fully saturated rings. The lowest BCUT2D eigenvalue weighted by Crippen LogP contribution is -2.22. The summed E-state index contributed by atoms with van der Waals surface area (Å²) in [5, 5.41) is 15.5. The highest BCUT2D eigenvalue weighted by molar-refractivity contribution is 8.00. The summed E-state index contributed by atoms with van der Waals surface area (Å²) in [6.07, 6.45) is 0. The Morgan fingerprint density at radius 1 is 0.860 bits per heavy atom. The van der Waals surface area contributed by atoms with Gasteiger partial charge in [0, 0.05) is 27.6 Å². The smallest absolute Gasteiger partial charge is 0.239 e. The van der Waals surface area contributed by atoms with Crippen LogP contribution in [0.15, 0.2) is 89.3 Å². The molecule has 43 heavy (non-hydrogen) atoms. The highest BCUT2D eigenvalue weighted by atomic mass is 32.2. The second-order valence-electron chi connectivity index (χ2n) is 9.30. The van der Waals surface area contributed by atoms with Crippen molar-refractivity contribution >= 4 is 34.1 Å². The van der Waals surface area contributed by atoms with E-state index in [4.69, 9.17) is 19.2 Å². The molecular formula is C33H28N4O4S2. The number of carbonyl (C=O) groups is 1. The zero-order valence-electron chi connectivity index (χ0n) is 24.0. The van der Waals surface area contributed by atoms with E-state index in [-0.39, 0.29) is 5.91 Å². The molecule has 2 aromatic heterocycles. The number of nitriles is 1. The van der Waals surface area contributed by atoms with E-state index in [2.05, 4.69) is 16.4 Å². The summed E-state index contributed by atoms with van der Waals surface area (Å²) in [5.74, 6) is 1.68. The molecule has 0 aliphatic rings. The maximum absolute atomic E-state index is 13.3. The predicted octanol–water partition coefficient (Wildman–Crippen LogP) is 7.56. The number of benzene rings is 3. The van der Waals surface area contributed by atoms with Crippen LogP contribution in [-0.2, 0) is 4.79 Å². The number of hydrogen-bond donors (Lipinski definition) is 1. The zero-order chi connectivity index (χ0) is 30.3. The van der Waals surface area contributed by atoms with E-state index in [0.717, 1.165) is 22.6 Å². The van der Waals surface area contributed by atoms with Gasteiger partial charge in [-0.25, -0.2) is 9.97 Å². The average Bonchev–Trinajstić information content (AvgIpc) is 3.52. The van der Waals surface area contributed by atoms with Crippen LogP contribution in [0.4, 0.5) is 5.13 Å². The molecule has 1 unspecified atom stereocenters. The Kier molecular flexibility index (Phi) is 9.25. The molecule has 10 heteroatoms. The average molecular weight is 609 g/mol. The second-order valence-corrected chi connectivity index (χ2v) is 11.5. The summed E-state index contributed by atoms with van der Waals surface area (Å²) in [7, 11) is 4.78. The van der Waals surface area contributed by atoms with E-state index >= 15 is 0 Å². The molecule has 3 aromatic carbocycles. The molecule has 0 saturated carbocycles. The third-order valence-corrected chi connectivity index (χ3v) is 8.47. The van der Waals surface area contributed by atoms with Gasteiger partial charge in [-0.1, -0.05) is 54.2 Å². The van der Waals surface area contributed by atoms with Crippen molar-refractivity contribution in [3.8, 4) is 57.0 Å². The lowest BCUT2D eigenvalue weighted by molar-refractivity contribution is -0.115. The minimum Gasteiger partial charge on any atom is -0.497 e. The van der Waals surface area contributed by atoms with E-state index in [1.54, 1.807) is 40.4 Å². The predicted molar refractivity (Wildman–Crippen MR) is 171 cm³/mol.